The van der Waals surface area contributed by atoms with Gasteiger partial charge in [0.2, 0.25) is 5.91 Å². The first-order valence-corrected chi connectivity index (χ1v) is 6.19. The summed E-state index contributed by atoms with van der Waals surface area (Å²) in [5.41, 5.74) is 3.50. The Morgan fingerprint density at radius 3 is 2.50 bits per heavy atom. The topological polar surface area (TPSA) is 59.0 Å². The van der Waals surface area contributed by atoms with E-state index in [1.54, 1.807) is 7.05 Å². The number of aromatic nitrogens is 2. The largest absolute Gasteiger partial charge is 0.322 e. The molecule has 0 aliphatic carbocycles. The van der Waals surface area contributed by atoms with Gasteiger partial charge in [0.15, 0.2) is 0 Å². The summed E-state index contributed by atoms with van der Waals surface area (Å²) in [7, 11) is 1.74. The van der Waals surface area contributed by atoms with E-state index in [0.29, 0.717) is 0 Å². The second-order valence-corrected chi connectivity index (χ2v) is 4.37. The van der Waals surface area contributed by atoms with Gasteiger partial charge < -0.3 is 10.6 Å². The summed E-state index contributed by atoms with van der Waals surface area (Å²) in [4.78, 5) is 11.7. The molecule has 0 radical (unpaired) electrons. The molecule has 2 aromatic rings. The Hall–Kier alpha value is -1.85. The van der Waals surface area contributed by atoms with Gasteiger partial charge in [0, 0.05) is 0 Å². The maximum atomic E-state index is 11.7. The zero-order valence-corrected chi connectivity index (χ0v) is 12.6. The average molecular weight is 295 g/mol. The van der Waals surface area contributed by atoms with Gasteiger partial charge in [0.05, 0.1) is 29.3 Å². The van der Waals surface area contributed by atoms with E-state index in [2.05, 4.69) is 15.7 Å². The Labute approximate surface area is 124 Å². The van der Waals surface area contributed by atoms with Crippen molar-refractivity contribution in [3.8, 4) is 5.69 Å². The number of benzene rings is 1. The van der Waals surface area contributed by atoms with Crippen molar-refractivity contribution < 1.29 is 4.79 Å². The zero-order chi connectivity index (χ0) is 13.8. The molecule has 0 unspecified atom stereocenters. The lowest BCUT2D eigenvalue weighted by Crippen LogP contribution is -2.25. The standard InChI is InChI=1S/C14H18N4O.ClH/c1-10-14(16-13(19)9-15-3)11(2)18(17-10)12-7-5-4-6-8-12;/h4-8,15H,9H2,1-3H3,(H,16,19);1H. The third kappa shape index (κ3) is 3.37. The number of rotatable bonds is 4. The molecule has 1 heterocycles. The first-order valence-electron chi connectivity index (χ1n) is 6.19. The molecule has 108 valence electrons. The average Bonchev–Trinajstić information content (AvgIpc) is 2.68. The lowest BCUT2D eigenvalue weighted by Gasteiger charge is -2.06. The van der Waals surface area contributed by atoms with E-state index in [4.69, 9.17) is 0 Å². The van der Waals surface area contributed by atoms with E-state index in [1.165, 1.54) is 0 Å². The molecule has 0 bridgehead atoms. The second-order valence-electron chi connectivity index (χ2n) is 4.37. The fourth-order valence-corrected chi connectivity index (χ4v) is 1.99. The number of carbonyl (C=O) groups is 1. The number of aryl methyl sites for hydroxylation is 1. The number of nitrogens with one attached hydrogen (secondary N) is 2. The van der Waals surface area contributed by atoms with Gasteiger partial charge in [-0.25, -0.2) is 4.68 Å². The van der Waals surface area contributed by atoms with Gasteiger partial charge in [0.25, 0.3) is 0 Å². The Kier molecular flexibility index (Phi) is 5.73. The maximum absolute atomic E-state index is 11.7. The molecular weight excluding hydrogens is 276 g/mol. The van der Waals surface area contributed by atoms with Crippen LogP contribution in [0.15, 0.2) is 30.3 Å². The Balaban J connectivity index is 0.00000200. The third-order valence-electron chi connectivity index (χ3n) is 2.89. The summed E-state index contributed by atoms with van der Waals surface area (Å²) in [5, 5.41) is 10.2. The minimum absolute atomic E-state index is 0. The van der Waals surface area contributed by atoms with Crippen molar-refractivity contribution >= 4 is 24.0 Å². The molecule has 0 aliphatic heterocycles. The summed E-state index contributed by atoms with van der Waals surface area (Å²) >= 11 is 0. The lowest BCUT2D eigenvalue weighted by molar-refractivity contribution is -0.115. The van der Waals surface area contributed by atoms with E-state index >= 15 is 0 Å². The summed E-state index contributed by atoms with van der Waals surface area (Å²) in [6, 6.07) is 9.86. The Bertz CT molecular complexity index is 580. The molecule has 2 rings (SSSR count). The molecule has 0 saturated heterocycles. The van der Waals surface area contributed by atoms with Gasteiger partial charge in [-0.1, -0.05) is 18.2 Å². The fraction of sp³-hybridized carbons (Fsp3) is 0.286. The van der Waals surface area contributed by atoms with Crippen molar-refractivity contribution in [2.75, 3.05) is 18.9 Å². The van der Waals surface area contributed by atoms with Crippen LogP contribution >= 0.6 is 12.4 Å². The summed E-state index contributed by atoms with van der Waals surface area (Å²) < 4.78 is 1.84. The van der Waals surface area contributed by atoms with Crippen molar-refractivity contribution in [2.45, 2.75) is 13.8 Å². The van der Waals surface area contributed by atoms with Crippen LogP contribution in [-0.4, -0.2) is 29.3 Å². The number of carbonyl (C=O) groups excluding carboxylic acids is 1. The van der Waals surface area contributed by atoms with Gasteiger partial charge in [-0.2, -0.15) is 5.10 Å². The van der Waals surface area contributed by atoms with Crippen LogP contribution in [0.2, 0.25) is 0 Å². The van der Waals surface area contributed by atoms with Crippen LogP contribution in [0.25, 0.3) is 5.69 Å². The Morgan fingerprint density at radius 2 is 1.90 bits per heavy atom. The zero-order valence-electron chi connectivity index (χ0n) is 11.8. The first kappa shape index (κ1) is 16.2. The molecule has 20 heavy (non-hydrogen) atoms. The molecule has 0 spiro atoms. The molecule has 5 nitrogen and oxygen atoms in total. The second kappa shape index (κ2) is 7.07. The van der Waals surface area contributed by atoms with Crippen molar-refractivity contribution in [1.82, 2.24) is 15.1 Å². The monoisotopic (exact) mass is 294 g/mol. The summed E-state index contributed by atoms with van der Waals surface area (Å²) in [6.45, 7) is 4.12. The highest BCUT2D eigenvalue weighted by atomic mass is 35.5. The summed E-state index contributed by atoms with van der Waals surface area (Å²) in [6.07, 6.45) is 0. The molecule has 1 aromatic carbocycles. The third-order valence-corrected chi connectivity index (χ3v) is 2.89. The van der Waals surface area contributed by atoms with Crippen LogP contribution in [-0.2, 0) is 4.79 Å². The molecule has 1 amide bonds. The molecular formula is C14H19ClN4O. The minimum Gasteiger partial charge on any atom is -0.322 e. The van der Waals surface area contributed by atoms with Crippen LogP contribution in [0.5, 0.6) is 0 Å². The van der Waals surface area contributed by atoms with Crippen LogP contribution in [0.4, 0.5) is 5.69 Å². The van der Waals surface area contributed by atoms with Gasteiger partial charge in [-0.05, 0) is 33.0 Å². The number of para-hydroxylation sites is 1. The maximum Gasteiger partial charge on any atom is 0.238 e. The fourth-order valence-electron chi connectivity index (χ4n) is 1.99. The van der Waals surface area contributed by atoms with Crippen molar-refractivity contribution in [3.63, 3.8) is 0 Å². The van der Waals surface area contributed by atoms with Crippen LogP contribution in [0, 0.1) is 13.8 Å². The van der Waals surface area contributed by atoms with Crippen molar-refractivity contribution in [1.29, 1.82) is 0 Å². The van der Waals surface area contributed by atoms with Gasteiger partial charge >= 0.3 is 0 Å². The number of anilines is 1. The number of nitrogens with zero attached hydrogens (tertiary/aromatic N) is 2. The lowest BCUT2D eigenvalue weighted by atomic mass is 10.3. The predicted molar refractivity (Wildman–Crippen MR) is 82.8 cm³/mol. The van der Waals surface area contributed by atoms with Gasteiger partial charge in [0.1, 0.15) is 0 Å². The van der Waals surface area contributed by atoms with Crippen LogP contribution in [0.3, 0.4) is 0 Å². The molecule has 0 fully saturated rings. The molecule has 0 aliphatic rings. The Morgan fingerprint density at radius 1 is 1.25 bits per heavy atom. The predicted octanol–water partition coefficient (Wildman–Crippen LogP) is 2.07. The molecule has 1 aromatic heterocycles. The van der Waals surface area contributed by atoms with E-state index in [0.717, 1.165) is 22.8 Å². The number of hydrogen-bond acceptors (Lipinski definition) is 3. The van der Waals surface area contributed by atoms with Crippen molar-refractivity contribution in [2.24, 2.45) is 0 Å². The number of amides is 1. The molecule has 0 saturated carbocycles. The quantitative estimate of drug-likeness (QED) is 0.907. The highest BCUT2D eigenvalue weighted by Crippen LogP contribution is 2.22. The van der Waals surface area contributed by atoms with Crippen LogP contribution in [0.1, 0.15) is 11.4 Å². The number of likely N-dealkylation sites (N-methyl/N-ethyl adjacent to an activating group) is 1. The molecule has 0 atom stereocenters. The highest BCUT2D eigenvalue weighted by molar-refractivity contribution is 5.93. The van der Waals surface area contributed by atoms with E-state index in [9.17, 15) is 4.79 Å². The molecule has 2 N–H and O–H groups in total. The van der Waals surface area contributed by atoms with Gasteiger partial charge in [-0.3, -0.25) is 4.79 Å². The highest BCUT2D eigenvalue weighted by Gasteiger charge is 2.14. The van der Waals surface area contributed by atoms with Crippen molar-refractivity contribution in [3.05, 3.63) is 41.7 Å². The number of hydrogen-bond donors (Lipinski definition) is 2. The summed E-state index contributed by atoms with van der Waals surface area (Å²) in [5.74, 6) is -0.0682. The SMILES string of the molecule is CNCC(=O)Nc1c(C)nn(-c2ccccc2)c1C.Cl. The smallest absolute Gasteiger partial charge is 0.238 e. The van der Waals surface area contributed by atoms with E-state index in [-0.39, 0.29) is 24.9 Å². The first-order chi connectivity index (χ1) is 9.13. The minimum atomic E-state index is -0.0682. The number of halogens is 1. The van der Waals surface area contributed by atoms with E-state index < -0.39 is 0 Å². The van der Waals surface area contributed by atoms with Gasteiger partial charge in [-0.15, -0.1) is 12.4 Å². The molecule has 6 heteroatoms. The normalized spacial score (nSPS) is 9.95. The van der Waals surface area contributed by atoms with Crippen LogP contribution < -0.4 is 10.6 Å². The van der Waals surface area contributed by atoms with E-state index in [1.807, 2.05) is 48.9 Å².